The second-order valence-electron chi connectivity index (χ2n) is 5.28. The number of unbranched alkanes of at least 4 members (excludes halogenated alkanes) is 3. The van der Waals surface area contributed by atoms with Crippen molar-refractivity contribution in [3.8, 4) is 0 Å². The predicted molar refractivity (Wildman–Crippen MR) is 71.9 cm³/mol. The zero-order valence-electron chi connectivity index (χ0n) is 11.3. The lowest BCUT2D eigenvalue weighted by molar-refractivity contribution is 0.209. The SMILES string of the molecule is CCCCCCNC(C)CN1CCCCC1. The van der Waals surface area contributed by atoms with Crippen molar-refractivity contribution in [3.63, 3.8) is 0 Å². The van der Waals surface area contributed by atoms with Crippen molar-refractivity contribution in [2.24, 2.45) is 0 Å². The summed E-state index contributed by atoms with van der Waals surface area (Å²) in [6.07, 6.45) is 9.71. The van der Waals surface area contributed by atoms with E-state index in [0.29, 0.717) is 6.04 Å². The molecule has 0 bridgehead atoms. The lowest BCUT2D eigenvalue weighted by Crippen LogP contribution is -2.41. The van der Waals surface area contributed by atoms with Gasteiger partial charge in [-0.2, -0.15) is 0 Å². The molecule has 1 heterocycles. The average molecular weight is 226 g/mol. The molecular formula is C14H30N2. The van der Waals surface area contributed by atoms with Crippen LogP contribution in [0.5, 0.6) is 0 Å². The van der Waals surface area contributed by atoms with Crippen LogP contribution in [0.3, 0.4) is 0 Å². The summed E-state index contributed by atoms with van der Waals surface area (Å²) < 4.78 is 0. The molecule has 1 atom stereocenters. The molecule has 1 unspecified atom stereocenters. The molecular weight excluding hydrogens is 196 g/mol. The van der Waals surface area contributed by atoms with Crippen molar-refractivity contribution in [1.29, 1.82) is 0 Å². The Kier molecular flexibility index (Phi) is 7.87. The molecule has 96 valence electrons. The normalized spacial score (nSPS) is 19.9. The van der Waals surface area contributed by atoms with E-state index in [9.17, 15) is 0 Å². The summed E-state index contributed by atoms with van der Waals surface area (Å²) in [5.74, 6) is 0. The quantitative estimate of drug-likeness (QED) is 0.640. The molecule has 0 aliphatic carbocycles. The summed E-state index contributed by atoms with van der Waals surface area (Å²) in [4.78, 5) is 2.62. The van der Waals surface area contributed by atoms with E-state index in [4.69, 9.17) is 0 Å². The summed E-state index contributed by atoms with van der Waals surface area (Å²) in [5, 5.41) is 3.65. The van der Waals surface area contributed by atoms with Crippen LogP contribution in [-0.4, -0.2) is 37.1 Å². The Bertz CT molecular complexity index is 153. The second kappa shape index (κ2) is 9.00. The first-order valence-corrected chi connectivity index (χ1v) is 7.28. The highest BCUT2D eigenvalue weighted by Gasteiger charge is 2.12. The number of hydrogen-bond acceptors (Lipinski definition) is 2. The third-order valence-electron chi connectivity index (χ3n) is 3.50. The molecule has 16 heavy (non-hydrogen) atoms. The molecule has 1 N–H and O–H groups in total. The molecule has 0 amide bonds. The number of nitrogens with zero attached hydrogens (tertiary/aromatic N) is 1. The van der Waals surface area contributed by atoms with Crippen molar-refractivity contribution in [2.45, 2.75) is 64.8 Å². The van der Waals surface area contributed by atoms with Gasteiger partial charge in [-0.3, -0.25) is 0 Å². The maximum atomic E-state index is 3.65. The van der Waals surface area contributed by atoms with Gasteiger partial charge in [-0.25, -0.2) is 0 Å². The summed E-state index contributed by atoms with van der Waals surface area (Å²) >= 11 is 0. The molecule has 0 spiro atoms. The third kappa shape index (κ3) is 6.49. The van der Waals surface area contributed by atoms with Gasteiger partial charge in [0.25, 0.3) is 0 Å². The van der Waals surface area contributed by atoms with Crippen LogP contribution in [0.4, 0.5) is 0 Å². The minimum atomic E-state index is 0.666. The van der Waals surface area contributed by atoms with Gasteiger partial charge < -0.3 is 10.2 Å². The van der Waals surface area contributed by atoms with Gasteiger partial charge >= 0.3 is 0 Å². The topological polar surface area (TPSA) is 15.3 Å². The van der Waals surface area contributed by atoms with Crippen LogP contribution in [0.1, 0.15) is 58.8 Å². The monoisotopic (exact) mass is 226 g/mol. The lowest BCUT2D eigenvalue weighted by Gasteiger charge is -2.29. The molecule has 1 aliphatic heterocycles. The van der Waals surface area contributed by atoms with E-state index in [0.717, 1.165) is 0 Å². The molecule has 0 radical (unpaired) electrons. The summed E-state index contributed by atoms with van der Waals surface area (Å²) in [6.45, 7) is 9.69. The summed E-state index contributed by atoms with van der Waals surface area (Å²) in [7, 11) is 0. The van der Waals surface area contributed by atoms with Gasteiger partial charge in [0.05, 0.1) is 0 Å². The van der Waals surface area contributed by atoms with E-state index < -0.39 is 0 Å². The minimum absolute atomic E-state index is 0.666. The molecule has 1 fully saturated rings. The Morgan fingerprint density at radius 2 is 1.81 bits per heavy atom. The van der Waals surface area contributed by atoms with Crippen molar-refractivity contribution in [3.05, 3.63) is 0 Å². The number of nitrogens with one attached hydrogen (secondary N) is 1. The Morgan fingerprint density at radius 3 is 2.50 bits per heavy atom. The van der Waals surface area contributed by atoms with Crippen LogP contribution >= 0.6 is 0 Å². The Morgan fingerprint density at radius 1 is 1.06 bits per heavy atom. The van der Waals surface area contributed by atoms with Crippen molar-refractivity contribution in [2.75, 3.05) is 26.2 Å². The number of piperidine rings is 1. The highest BCUT2D eigenvalue weighted by Crippen LogP contribution is 2.08. The van der Waals surface area contributed by atoms with Crippen molar-refractivity contribution < 1.29 is 0 Å². The van der Waals surface area contributed by atoms with E-state index >= 15 is 0 Å². The van der Waals surface area contributed by atoms with Crippen LogP contribution in [0.15, 0.2) is 0 Å². The zero-order valence-corrected chi connectivity index (χ0v) is 11.3. The number of likely N-dealkylation sites (tertiary alicyclic amines) is 1. The Labute approximate surface area is 102 Å². The standard InChI is InChI=1S/C14H30N2/c1-3-4-5-7-10-15-14(2)13-16-11-8-6-9-12-16/h14-15H,3-13H2,1-2H3. The van der Waals surface area contributed by atoms with Gasteiger partial charge in [-0.15, -0.1) is 0 Å². The van der Waals surface area contributed by atoms with Crippen molar-refractivity contribution >= 4 is 0 Å². The molecule has 1 rings (SSSR count). The van der Waals surface area contributed by atoms with Crippen LogP contribution in [0, 0.1) is 0 Å². The van der Waals surface area contributed by atoms with Crippen LogP contribution in [0.25, 0.3) is 0 Å². The van der Waals surface area contributed by atoms with E-state index in [1.54, 1.807) is 0 Å². The van der Waals surface area contributed by atoms with Gasteiger partial charge in [-0.1, -0.05) is 32.6 Å². The fraction of sp³-hybridized carbons (Fsp3) is 1.00. The molecule has 1 aliphatic rings. The third-order valence-corrected chi connectivity index (χ3v) is 3.50. The predicted octanol–water partition coefficient (Wildman–Crippen LogP) is 3.03. The highest BCUT2D eigenvalue weighted by atomic mass is 15.1. The smallest absolute Gasteiger partial charge is 0.0166 e. The fourth-order valence-electron chi connectivity index (χ4n) is 2.49. The van der Waals surface area contributed by atoms with Gasteiger partial charge in [0.1, 0.15) is 0 Å². The Hall–Kier alpha value is -0.0800. The van der Waals surface area contributed by atoms with Gasteiger partial charge in [0, 0.05) is 12.6 Å². The average Bonchev–Trinajstić information content (AvgIpc) is 2.30. The van der Waals surface area contributed by atoms with E-state index in [1.807, 2.05) is 0 Å². The first-order valence-electron chi connectivity index (χ1n) is 7.28. The summed E-state index contributed by atoms with van der Waals surface area (Å²) in [5.41, 5.74) is 0. The second-order valence-corrected chi connectivity index (χ2v) is 5.28. The number of hydrogen-bond donors (Lipinski definition) is 1. The molecule has 2 heteroatoms. The molecule has 2 nitrogen and oxygen atoms in total. The highest BCUT2D eigenvalue weighted by molar-refractivity contribution is 4.71. The first kappa shape index (κ1) is 14.0. The molecule has 0 aromatic heterocycles. The summed E-state index contributed by atoms with van der Waals surface area (Å²) in [6, 6.07) is 0.666. The Balaban J connectivity index is 1.95. The van der Waals surface area contributed by atoms with E-state index in [2.05, 4.69) is 24.1 Å². The fourth-order valence-corrected chi connectivity index (χ4v) is 2.49. The molecule has 0 aromatic carbocycles. The molecule has 0 saturated carbocycles. The van der Waals surface area contributed by atoms with Crippen LogP contribution < -0.4 is 5.32 Å². The molecule has 1 saturated heterocycles. The minimum Gasteiger partial charge on any atom is -0.313 e. The zero-order chi connectivity index (χ0) is 11.6. The van der Waals surface area contributed by atoms with Gasteiger partial charge in [0.15, 0.2) is 0 Å². The van der Waals surface area contributed by atoms with Gasteiger partial charge in [-0.05, 0) is 45.8 Å². The largest absolute Gasteiger partial charge is 0.313 e. The van der Waals surface area contributed by atoms with Gasteiger partial charge in [0.2, 0.25) is 0 Å². The van der Waals surface area contributed by atoms with Crippen molar-refractivity contribution in [1.82, 2.24) is 10.2 Å². The van der Waals surface area contributed by atoms with Crippen LogP contribution in [-0.2, 0) is 0 Å². The molecule has 0 aromatic rings. The van der Waals surface area contributed by atoms with E-state index in [-0.39, 0.29) is 0 Å². The van der Waals surface area contributed by atoms with E-state index in [1.165, 1.54) is 71.1 Å². The number of rotatable bonds is 8. The lowest BCUT2D eigenvalue weighted by atomic mass is 10.1. The maximum absolute atomic E-state index is 3.65. The van der Waals surface area contributed by atoms with Crippen LogP contribution in [0.2, 0.25) is 0 Å². The maximum Gasteiger partial charge on any atom is 0.0166 e. The first-order chi connectivity index (χ1) is 7.83.